The van der Waals surface area contributed by atoms with E-state index in [9.17, 15) is 9.59 Å². The zero-order valence-electron chi connectivity index (χ0n) is 14.5. The van der Waals surface area contributed by atoms with Crippen molar-refractivity contribution in [2.45, 2.75) is 57.3 Å². The molecule has 0 radical (unpaired) electrons. The highest BCUT2D eigenvalue weighted by Crippen LogP contribution is 2.33. The summed E-state index contributed by atoms with van der Waals surface area (Å²) in [6.07, 6.45) is 5.31. The third-order valence-electron chi connectivity index (χ3n) is 4.25. The number of carbonyl (C=O) groups excluding carboxylic acids is 2. The summed E-state index contributed by atoms with van der Waals surface area (Å²) in [5, 5.41) is 7.65. The number of carbonyl (C=O) groups is 2. The Kier molecular flexibility index (Phi) is 10.5. The van der Waals surface area contributed by atoms with Crippen molar-refractivity contribution in [3.63, 3.8) is 0 Å². The molecule has 1 aliphatic rings. The lowest BCUT2D eigenvalue weighted by molar-refractivity contribution is -0.144. The van der Waals surface area contributed by atoms with E-state index in [1.165, 1.54) is 11.7 Å². The van der Waals surface area contributed by atoms with Crippen molar-refractivity contribution in [2.24, 2.45) is 11.8 Å². The summed E-state index contributed by atoms with van der Waals surface area (Å²) in [7, 11) is 0. The first-order valence-electron chi connectivity index (χ1n) is 8.56. The Balaban J connectivity index is 2.70. The predicted octanol–water partition coefficient (Wildman–Crippen LogP) is 4.25. The summed E-state index contributed by atoms with van der Waals surface area (Å²) in [6.45, 7) is 4.55. The average Bonchev–Trinajstić information content (AvgIpc) is 2.51. The van der Waals surface area contributed by atoms with E-state index in [0.29, 0.717) is 30.9 Å². The molecule has 0 aromatic heterocycles. The maximum Gasteiger partial charge on any atom is 0.146 e. The van der Waals surface area contributed by atoms with Gasteiger partial charge in [0.1, 0.15) is 17.5 Å². The molecule has 0 heterocycles. The molecule has 1 saturated carbocycles. The topological polar surface area (TPSA) is 67.2 Å². The molecule has 0 aromatic carbocycles. The van der Waals surface area contributed by atoms with Crippen LogP contribution in [-0.2, 0) is 14.3 Å². The van der Waals surface area contributed by atoms with Crippen LogP contribution in [0.3, 0.4) is 0 Å². The maximum absolute atomic E-state index is 12.6. The van der Waals surface area contributed by atoms with Crippen molar-refractivity contribution < 1.29 is 14.3 Å². The summed E-state index contributed by atoms with van der Waals surface area (Å²) in [4.78, 5) is 25.2. The molecule has 1 aliphatic carbocycles. The molecule has 6 heteroatoms. The number of ketones is 2. The molecule has 2 atom stereocenters. The molecule has 0 aliphatic heterocycles. The molecular formula is C18H28ClNO3S. The van der Waals surface area contributed by atoms with Crippen molar-refractivity contribution in [1.29, 1.82) is 5.41 Å². The molecule has 1 rings (SSSR count). The third kappa shape index (κ3) is 7.08. The fourth-order valence-electron chi connectivity index (χ4n) is 3.29. The Hall–Kier alpha value is -0.650. The van der Waals surface area contributed by atoms with E-state index in [1.54, 1.807) is 6.08 Å². The first-order valence-corrected chi connectivity index (χ1v) is 10.0. The minimum Gasteiger partial charge on any atom is -0.373 e. The molecule has 0 amide bonds. The number of rotatable bonds is 11. The monoisotopic (exact) mass is 373 g/mol. The van der Waals surface area contributed by atoms with Gasteiger partial charge in [0.05, 0.1) is 12.7 Å². The van der Waals surface area contributed by atoms with Gasteiger partial charge in [-0.3, -0.25) is 9.59 Å². The lowest BCUT2D eigenvalue weighted by Crippen LogP contribution is -2.42. The number of halogens is 1. The highest BCUT2D eigenvalue weighted by Gasteiger charge is 2.40. The van der Waals surface area contributed by atoms with E-state index in [-0.39, 0.29) is 24.1 Å². The standard InChI is InChI=1S/C18H28ClNO3S/c1-3-24-13(2)10-14-11-15(21)18(16(22)12-14)17(6-4-8-20)23-9-5-7-19/h5,7-8,13-14,17-18,20H,3-4,6,9-12H2,1-2H3. The number of ether oxygens (including phenoxy) is 1. The normalized spacial score (nSPS) is 24.3. The molecule has 0 spiro atoms. The average molecular weight is 374 g/mol. The van der Waals surface area contributed by atoms with Gasteiger partial charge in [0.15, 0.2) is 0 Å². The van der Waals surface area contributed by atoms with Crippen LogP contribution in [-0.4, -0.2) is 41.5 Å². The quantitative estimate of drug-likeness (QED) is 0.434. The van der Waals surface area contributed by atoms with Gasteiger partial charge in [0.25, 0.3) is 0 Å². The van der Waals surface area contributed by atoms with Crippen molar-refractivity contribution in [1.82, 2.24) is 0 Å². The number of Topliss-reactive ketones (excluding diaryl/α,β-unsaturated/α-hetero) is 2. The minimum absolute atomic E-state index is 0.00483. The molecule has 2 unspecified atom stereocenters. The van der Waals surface area contributed by atoms with Crippen LogP contribution in [0.15, 0.2) is 11.6 Å². The number of nitrogens with one attached hydrogen (secondary N) is 1. The summed E-state index contributed by atoms with van der Waals surface area (Å²) in [5.74, 6) is 0.511. The van der Waals surface area contributed by atoms with Crippen molar-refractivity contribution in [3.8, 4) is 0 Å². The second-order valence-electron chi connectivity index (χ2n) is 6.20. The summed E-state index contributed by atoms with van der Waals surface area (Å²) < 4.78 is 5.70. The van der Waals surface area contributed by atoms with Gasteiger partial charge in [-0.15, -0.1) is 0 Å². The van der Waals surface area contributed by atoms with Crippen LogP contribution in [0.4, 0.5) is 0 Å². The fourth-order valence-corrected chi connectivity index (χ4v) is 4.34. The smallest absolute Gasteiger partial charge is 0.146 e. The second-order valence-corrected chi connectivity index (χ2v) is 8.17. The Morgan fingerprint density at radius 2 is 2.04 bits per heavy atom. The number of hydrogen-bond acceptors (Lipinski definition) is 5. The van der Waals surface area contributed by atoms with E-state index in [1.807, 2.05) is 11.8 Å². The summed E-state index contributed by atoms with van der Waals surface area (Å²) >= 11 is 7.36. The van der Waals surface area contributed by atoms with Gasteiger partial charge in [-0.05, 0) is 43.2 Å². The van der Waals surface area contributed by atoms with Gasteiger partial charge < -0.3 is 10.1 Å². The lowest BCUT2D eigenvalue weighted by Gasteiger charge is -2.32. The predicted molar refractivity (Wildman–Crippen MR) is 101 cm³/mol. The first-order chi connectivity index (χ1) is 11.5. The molecule has 136 valence electrons. The number of thioether (sulfide) groups is 1. The Morgan fingerprint density at radius 3 is 2.58 bits per heavy atom. The highest BCUT2D eigenvalue weighted by atomic mass is 35.5. The Labute approximate surface area is 154 Å². The van der Waals surface area contributed by atoms with Gasteiger partial charge in [-0.1, -0.05) is 25.4 Å². The molecule has 0 aromatic rings. The molecule has 1 fully saturated rings. The fraction of sp³-hybridized carbons (Fsp3) is 0.722. The summed E-state index contributed by atoms with van der Waals surface area (Å²) in [6, 6.07) is 0. The summed E-state index contributed by atoms with van der Waals surface area (Å²) in [5.41, 5.74) is 1.36. The maximum atomic E-state index is 12.6. The zero-order chi connectivity index (χ0) is 17.9. The van der Waals surface area contributed by atoms with E-state index in [4.69, 9.17) is 21.7 Å². The minimum atomic E-state index is -0.681. The zero-order valence-corrected chi connectivity index (χ0v) is 16.1. The molecule has 1 N–H and O–H groups in total. The van der Waals surface area contributed by atoms with Crippen LogP contribution >= 0.6 is 23.4 Å². The van der Waals surface area contributed by atoms with Crippen LogP contribution in [0.25, 0.3) is 0 Å². The van der Waals surface area contributed by atoms with Crippen molar-refractivity contribution >= 4 is 41.1 Å². The SMILES string of the molecule is CCSC(C)CC1CC(=O)C(C(CCC=N)OCC=CCl)C(=O)C1. The number of hydrogen-bond donors (Lipinski definition) is 1. The third-order valence-corrected chi connectivity index (χ3v) is 5.53. The van der Waals surface area contributed by atoms with E-state index < -0.39 is 12.0 Å². The Morgan fingerprint density at radius 1 is 1.38 bits per heavy atom. The van der Waals surface area contributed by atoms with E-state index in [0.717, 1.165) is 12.2 Å². The van der Waals surface area contributed by atoms with E-state index in [2.05, 4.69) is 13.8 Å². The van der Waals surface area contributed by atoms with E-state index >= 15 is 0 Å². The van der Waals surface area contributed by atoms with Gasteiger partial charge in [-0.25, -0.2) is 0 Å². The van der Waals surface area contributed by atoms with Crippen LogP contribution in [0.1, 0.15) is 46.0 Å². The van der Waals surface area contributed by atoms with Gasteiger partial charge in [-0.2, -0.15) is 11.8 Å². The lowest BCUT2D eigenvalue weighted by atomic mass is 9.75. The van der Waals surface area contributed by atoms with Gasteiger partial charge in [0.2, 0.25) is 0 Å². The molecule has 0 saturated heterocycles. The van der Waals surface area contributed by atoms with Crippen molar-refractivity contribution in [2.75, 3.05) is 12.4 Å². The Bertz CT molecular complexity index is 438. The largest absolute Gasteiger partial charge is 0.373 e. The van der Waals surface area contributed by atoms with Gasteiger partial charge >= 0.3 is 0 Å². The van der Waals surface area contributed by atoms with Crippen LogP contribution in [0, 0.1) is 17.2 Å². The molecular weight excluding hydrogens is 346 g/mol. The highest BCUT2D eigenvalue weighted by molar-refractivity contribution is 7.99. The first kappa shape index (κ1) is 21.4. The second kappa shape index (κ2) is 11.8. The molecule has 4 nitrogen and oxygen atoms in total. The van der Waals surface area contributed by atoms with Crippen LogP contribution in [0.2, 0.25) is 0 Å². The van der Waals surface area contributed by atoms with Crippen LogP contribution < -0.4 is 0 Å². The van der Waals surface area contributed by atoms with Crippen LogP contribution in [0.5, 0.6) is 0 Å². The molecule has 0 bridgehead atoms. The van der Waals surface area contributed by atoms with Crippen molar-refractivity contribution in [3.05, 3.63) is 11.6 Å². The molecule has 24 heavy (non-hydrogen) atoms. The van der Waals surface area contributed by atoms with Gasteiger partial charge in [0, 0.05) is 23.6 Å².